The first kappa shape index (κ1) is 13.9. The summed E-state index contributed by atoms with van der Waals surface area (Å²) < 4.78 is 5.47. The van der Waals surface area contributed by atoms with Crippen molar-refractivity contribution in [3.05, 3.63) is 28.0 Å². The molecule has 5 rings (SSSR count). The van der Waals surface area contributed by atoms with Crippen LogP contribution in [0.4, 0.5) is 5.88 Å². The molecule has 2 N–H and O–H groups in total. The lowest BCUT2D eigenvalue weighted by Crippen LogP contribution is -3.41. The minimum atomic E-state index is -0.493. The Hall–Kier alpha value is -1.73. The Morgan fingerprint density at radius 2 is 1.95 bits per heavy atom. The molecule has 7 heteroatoms. The standard InChI is InChI=1S/C15H19N3O4/c1-3-15-8-16-6-14(2,13(15)19)7-17(9-15)12(16)10-4-5-11(22-10)18(20)21/h4-5,12H,3,6-9H2,1-2H3/p+2. The summed E-state index contributed by atoms with van der Waals surface area (Å²) >= 11 is 0. The van der Waals surface area contributed by atoms with E-state index in [2.05, 4.69) is 13.8 Å². The SMILES string of the molecule is CCC12C[NH+]3CC(C)(C[NH+](C1)C3c1ccc([N+](=O)[O-])o1)C2=O. The van der Waals surface area contributed by atoms with Crippen LogP contribution in [-0.2, 0) is 4.79 Å². The Morgan fingerprint density at radius 1 is 1.32 bits per heavy atom. The fourth-order valence-corrected chi connectivity index (χ4v) is 5.19. The van der Waals surface area contributed by atoms with E-state index in [1.165, 1.54) is 15.9 Å². The van der Waals surface area contributed by atoms with Gasteiger partial charge in [0.25, 0.3) is 6.17 Å². The second-order valence-electron chi connectivity index (χ2n) is 7.41. The summed E-state index contributed by atoms with van der Waals surface area (Å²) in [4.78, 5) is 25.9. The monoisotopic (exact) mass is 307 g/mol. The number of quaternary nitrogens is 2. The van der Waals surface area contributed by atoms with Gasteiger partial charge >= 0.3 is 5.88 Å². The molecular weight excluding hydrogens is 286 g/mol. The minimum Gasteiger partial charge on any atom is -0.392 e. The smallest absolute Gasteiger partial charge is 0.392 e. The van der Waals surface area contributed by atoms with Crippen LogP contribution in [0, 0.1) is 20.9 Å². The molecule has 118 valence electrons. The van der Waals surface area contributed by atoms with Crippen LogP contribution in [0.25, 0.3) is 0 Å². The molecule has 2 atom stereocenters. The van der Waals surface area contributed by atoms with Gasteiger partial charge in [-0.1, -0.05) is 6.92 Å². The summed E-state index contributed by atoms with van der Waals surface area (Å²) in [5.41, 5.74) is -0.475. The highest BCUT2D eigenvalue weighted by atomic mass is 16.6. The lowest BCUT2D eigenvalue weighted by atomic mass is 9.60. The number of nitro groups is 1. The van der Waals surface area contributed by atoms with Crippen LogP contribution >= 0.6 is 0 Å². The zero-order valence-electron chi connectivity index (χ0n) is 12.8. The highest BCUT2D eigenvalue weighted by molar-refractivity contribution is 5.91. The molecule has 7 nitrogen and oxygen atoms in total. The minimum absolute atomic E-state index is 0.0783. The van der Waals surface area contributed by atoms with E-state index < -0.39 is 4.92 Å². The molecule has 0 aliphatic carbocycles. The van der Waals surface area contributed by atoms with Crippen molar-refractivity contribution in [3.8, 4) is 0 Å². The molecule has 1 aromatic rings. The van der Waals surface area contributed by atoms with E-state index in [0.29, 0.717) is 11.5 Å². The van der Waals surface area contributed by atoms with Crippen molar-refractivity contribution in [2.45, 2.75) is 26.4 Å². The van der Waals surface area contributed by atoms with Gasteiger partial charge in [0.1, 0.15) is 41.9 Å². The van der Waals surface area contributed by atoms with Gasteiger partial charge in [-0.15, -0.1) is 0 Å². The second-order valence-corrected chi connectivity index (χ2v) is 7.41. The van der Waals surface area contributed by atoms with Gasteiger partial charge in [-0.05, 0) is 13.3 Å². The number of hydrogen-bond donors (Lipinski definition) is 2. The zero-order chi connectivity index (χ0) is 15.7. The van der Waals surface area contributed by atoms with E-state index in [-0.39, 0.29) is 22.9 Å². The molecular formula is C15H21N3O4+2. The van der Waals surface area contributed by atoms with E-state index in [9.17, 15) is 14.9 Å². The summed E-state index contributed by atoms with van der Waals surface area (Å²) in [6.45, 7) is 7.43. The number of carbonyl (C=O) groups is 1. The number of piperidine rings is 2. The van der Waals surface area contributed by atoms with Gasteiger partial charge in [0, 0.05) is 6.07 Å². The first-order valence-corrected chi connectivity index (χ1v) is 7.87. The third kappa shape index (κ3) is 1.60. The highest BCUT2D eigenvalue weighted by Gasteiger charge is 2.69. The van der Waals surface area contributed by atoms with E-state index in [1.54, 1.807) is 6.07 Å². The van der Waals surface area contributed by atoms with Gasteiger partial charge in [-0.25, -0.2) is 0 Å². The molecule has 0 amide bonds. The quantitative estimate of drug-likeness (QED) is 0.552. The molecule has 2 unspecified atom stereocenters. The number of Topliss-reactive ketones (excluding diaryl/α,β-unsaturated/α-hetero) is 1. The molecule has 4 aliphatic heterocycles. The van der Waals surface area contributed by atoms with E-state index in [1.807, 2.05) is 0 Å². The Bertz CT molecular complexity index is 651. The molecule has 0 radical (unpaired) electrons. The highest BCUT2D eigenvalue weighted by Crippen LogP contribution is 2.38. The number of furan rings is 1. The van der Waals surface area contributed by atoms with Crippen molar-refractivity contribution < 1.29 is 23.9 Å². The lowest BCUT2D eigenvalue weighted by Gasteiger charge is -2.59. The van der Waals surface area contributed by atoms with Crippen LogP contribution < -0.4 is 9.80 Å². The molecule has 4 fully saturated rings. The summed E-state index contributed by atoms with van der Waals surface area (Å²) in [5, 5.41) is 10.8. The topological polar surface area (TPSA) is 82.2 Å². The molecule has 0 spiro atoms. The van der Waals surface area contributed by atoms with Gasteiger partial charge in [0.2, 0.25) is 5.76 Å². The molecule has 22 heavy (non-hydrogen) atoms. The van der Waals surface area contributed by atoms with Gasteiger partial charge in [0.05, 0.1) is 6.07 Å². The van der Waals surface area contributed by atoms with Crippen molar-refractivity contribution in [3.63, 3.8) is 0 Å². The summed E-state index contributed by atoms with van der Waals surface area (Å²) in [6.07, 6.45) is 0.953. The van der Waals surface area contributed by atoms with Gasteiger partial charge in [0.15, 0.2) is 5.78 Å². The van der Waals surface area contributed by atoms with E-state index in [0.717, 1.165) is 32.6 Å². The molecule has 5 heterocycles. The van der Waals surface area contributed by atoms with Crippen molar-refractivity contribution in [2.75, 3.05) is 26.2 Å². The fraction of sp³-hybridized carbons (Fsp3) is 0.667. The van der Waals surface area contributed by atoms with Crippen molar-refractivity contribution in [2.24, 2.45) is 10.8 Å². The maximum Gasteiger partial charge on any atom is 0.433 e. The first-order valence-electron chi connectivity index (χ1n) is 7.87. The van der Waals surface area contributed by atoms with Crippen LogP contribution in [-0.4, -0.2) is 36.9 Å². The second kappa shape index (κ2) is 4.17. The Balaban J connectivity index is 1.71. The van der Waals surface area contributed by atoms with Crippen LogP contribution in [0.15, 0.2) is 16.5 Å². The first-order chi connectivity index (χ1) is 10.4. The van der Waals surface area contributed by atoms with E-state index in [4.69, 9.17) is 4.42 Å². The van der Waals surface area contributed by atoms with Crippen molar-refractivity contribution in [1.82, 2.24) is 0 Å². The zero-order valence-corrected chi connectivity index (χ0v) is 12.8. The molecule has 4 saturated heterocycles. The number of carbonyl (C=O) groups excluding carboxylic acids is 1. The predicted molar refractivity (Wildman–Crippen MR) is 75.3 cm³/mol. The number of rotatable bonds is 3. The van der Waals surface area contributed by atoms with Crippen LogP contribution in [0.2, 0.25) is 0 Å². The molecule has 1 aromatic heterocycles. The van der Waals surface area contributed by atoms with Crippen LogP contribution in [0.5, 0.6) is 0 Å². The Morgan fingerprint density at radius 3 is 2.45 bits per heavy atom. The summed E-state index contributed by atoms with van der Waals surface area (Å²) in [7, 11) is 0. The molecule has 4 bridgehead atoms. The number of nitrogens with zero attached hydrogens (tertiary/aromatic N) is 1. The molecule has 4 aliphatic rings. The van der Waals surface area contributed by atoms with Gasteiger partial charge in [-0.3, -0.25) is 24.7 Å². The predicted octanol–water partition coefficient (Wildman–Crippen LogP) is -1.03. The largest absolute Gasteiger partial charge is 0.433 e. The normalized spacial score (nSPS) is 42.8. The average Bonchev–Trinajstić information content (AvgIpc) is 2.93. The Labute approximate surface area is 128 Å². The van der Waals surface area contributed by atoms with Crippen molar-refractivity contribution in [1.29, 1.82) is 0 Å². The number of ketones is 1. The number of hydrogen-bond acceptors (Lipinski definition) is 4. The summed E-state index contributed by atoms with van der Waals surface area (Å²) in [6, 6.07) is 3.16. The fourth-order valence-electron chi connectivity index (χ4n) is 5.19. The molecule has 0 aromatic carbocycles. The third-order valence-electron chi connectivity index (χ3n) is 5.97. The van der Waals surface area contributed by atoms with Crippen LogP contribution in [0.3, 0.4) is 0 Å². The third-order valence-corrected chi connectivity index (χ3v) is 5.97. The maximum atomic E-state index is 12.8. The Kier molecular flexibility index (Phi) is 2.64. The van der Waals surface area contributed by atoms with Crippen molar-refractivity contribution >= 4 is 11.7 Å². The van der Waals surface area contributed by atoms with Crippen LogP contribution in [0.1, 0.15) is 32.2 Å². The van der Waals surface area contributed by atoms with Gasteiger partial charge < -0.3 is 4.42 Å². The lowest BCUT2D eigenvalue weighted by molar-refractivity contribution is -1.18. The maximum absolute atomic E-state index is 12.8. The van der Waals surface area contributed by atoms with Gasteiger partial charge in [-0.2, -0.15) is 0 Å². The number of nitrogens with one attached hydrogen (secondary N) is 2. The average molecular weight is 307 g/mol. The summed E-state index contributed by atoms with van der Waals surface area (Å²) in [5.74, 6) is 0.911. The van der Waals surface area contributed by atoms with E-state index >= 15 is 0 Å². The molecule has 0 saturated carbocycles.